The van der Waals surface area contributed by atoms with Crippen LogP contribution in [-0.4, -0.2) is 157 Å². The van der Waals surface area contributed by atoms with E-state index in [0.29, 0.717) is 117 Å². The Labute approximate surface area is 850 Å². The molecule has 0 aliphatic rings. The number of carbonyl (C=O) groups is 4. The number of thiophene rings is 4. The summed E-state index contributed by atoms with van der Waals surface area (Å²) in [7, 11) is 2.33. The predicted octanol–water partition coefficient (Wildman–Crippen LogP) is 26.0. The van der Waals surface area contributed by atoms with Crippen molar-refractivity contribution in [1.29, 1.82) is 0 Å². The highest BCUT2D eigenvalue weighted by atomic mass is 35.5. The average Bonchev–Trinajstić information content (AvgIpc) is 1.79. The molecule has 0 saturated carbocycles. The van der Waals surface area contributed by atoms with Gasteiger partial charge in [-0.05, 0) is 143 Å². The van der Waals surface area contributed by atoms with Gasteiger partial charge in [-0.15, -0.1) is 45.3 Å². The molecule has 0 spiro atoms. The van der Waals surface area contributed by atoms with E-state index in [1.165, 1.54) is 124 Å². The minimum absolute atomic E-state index is 0.0477. The van der Waals surface area contributed by atoms with Crippen LogP contribution in [0.2, 0.25) is 20.1 Å². The molecule has 12 rings (SSSR count). The molecule has 4 aromatic heterocycles. The first-order chi connectivity index (χ1) is 65.0. The Morgan fingerprint density at radius 2 is 0.565 bits per heavy atom. The number of aliphatic imine (C=N–C) groups is 4. The second kappa shape index (κ2) is 48.6. The highest BCUT2D eigenvalue weighted by molar-refractivity contribution is 7.81. The zero-order chi connectivity index (χ0) is 102. The lowest BCUT2D eigenvalue weighted by atomic mass is 9.86. The number of nitrogens with zero attached hydrogens (tertiary/aromatic N) is 8. The number of esters is 2. The summed E-state index contributed by atoms with van der Waals surface area (Å²) < 4.78 is 9.19. The lowest BCUT2D eigenvalue weighted by molar-refractivity contribution is -0.385. The zero-order valence-electron chi connectivity index (χ0n) is 75.7. The van der Waals surface area contributed by atoms with E-state index in [0.717, 1.165) is 39.1 Å². The van der Waals surface area contributed by atoms with E-state index in [1.807, 2.05) is 41.9 Å². The number of nitro groups is 4. The van der Waals surface area contributed by atoms with Crippen molar-refractivity contribution in [2.24, 2.45) is 20.0 Å². The van der Waals surface area contributed by atoms with Crippen LogP contribution in [0.3, 0.4) is 0 Å². The van der Waals surface area contributed by atoms with Gasteiger partial charge in [0.05, 0.1) is 99.7 Å². The Hall–Kier alpha value is -12.6. The van der Waals surface area contributed by atoms with Crippen LogP contribution in [0.4, 0.5) is 22.7 Å². The number of carboxylic acids is 2. The van der Waals surface area contributed by atoms with Gasteiger partial charge in [0.25, 0.3) is 22.7 Å². The number of methoxy groups -OCH3 is 2. The SMILES string of the molecule is CC(=NCC(=S)Cc1ccc(C(=O)O)c([N+](=O)[O-])c1)c1csc(-c2ccc(C(C)(C)C)cc2)c1O.CC(=NCC(=S)Cc1ccc(C(=O)O)c([N+](=O)[O-])c1)c1csc(-c2ccc(Cl)c(Cl)c2)c1O.COC(=O)c1ccc(CC(=S)CN=C(C)c2csc(-c3ccc(C(C)(C)C)cc3)c2O)cc1[N+](=O)[O-].COC(=O)c1ccc(CC(=S)CN=C(C)c2csc(-c3ccc(Cl)c(Cl)c3)c2O)cc1[N+](=O)[O-]. The molecule has 6 N–H and O–H groups in total. The summed E-state index contributed by atoms with van der Waals surface area (Å²) in [5.41, 5.74) is 10.4. The standard InChI is InChI=1S/C27H28N2O5S2.C26H26N2O5S2.C23H18Cl2N2O5S2.C22H16Cl2N2O5S2/c1-16(22-15-36-25(24(22)30)18-7-9-19(10-8-18)27(2,3)4)28-14-20(35)12-17-6-11-21(26(31)34-5)23(13-17)29(32)33;1-15(21-14-35-24(23(21)29)17-6-8-18(9-7-17)26(2,3)4)27-13-19(34)11-16-5-10-20(25(30)31)22(12-16)28(32)33;1-12(17-11-34-22(21(17)28)14-4-6-18(24)19(25)9-14)26-10-15(33)7-13-3-5-16(23(29)32-2)20(8-13)27(30)31;1-11(16-10-33-21(20(16)27)13-3-5-17(23)18(24)8-13)25-9-14(32)6-12-2-4-15(22(28)29)19(7-12)26(30)31/h6-11,13,15,30H,12,14H2,1-5H3;5-10,12,14,29H,11,13H2,1-4H3,(H,30,31);3-6,8-9,11,28H,7,10H2,1-2H3;2-5,7-8,10,27H,6,9H2,1H3,(H,28,29). The van der Waals surface area contributed by atoms with Crippen LogP contribution in [0.15, 0.2) is 199 Å². The predicted molar refractivity (Wildman–Crippen MR) is 566 cm³/mol. The quantitative estimate of drug-likeness (QED) is 0.00749. The molecule has 0 saturated heterocycles. The minimum Gasteiger partial charge on any atom is -0.506 e. The molecule has 0 bridgehead atoms. The van der Waals surface area contributed by atoms with Crippen molar-refractivity contribution in [2.75, 3.05) is 40.4 Å². The van der Waals surface area contributed by atoms with Crippen LogP contribution in [0.25, 0.3) is 41.8 Å². The van der Waals surface area contributed by atoms with Gasteiger partial charge < -0.3 is 40.1 Å². The number of aromatic hydroxyl groups is 4. The summed E-state index contributed by atoms with van der Waals surface area (Å²) in [5, 5.41) is 115. The third kappa shape index (κ3) is 28.8. The molecule has 0 radical (unpaired) electrons. The van der Waals surface area contributed by atoms with Gasteiger partial charge in [-0.1, -0.05) is 222 Å². The number of nitro benzene ring substituents is 4. The van der Waals surface area contributed by atoms with Crippen molar-refractivity contribution < 1.29 is 79.0 Å². The van der Waals surface area contributed by atoms with Crippen LogP contribution < -0.4 is 0 Å². The minimum atomic E-state index is -1.37. The number of aromatic carboxylic acids is 2. The molecular weight excluding hydrogens is 2010 g/mol. The number of benzene rings is 8. The summed E-state index contributed by atoms with van der Waals surface area (Å²) >= 11 is 51.3. The summed E-state index contributed by atoms with van der Waals surface area (Å²) in [6.45, 7) is 20.8. The molecule has 0 unspecified atom stereocenters. The molecule has 0 fully saturated rings. The second-order valence-corrected chi connectivity index (χ2v) is 40.2. The smallest absolute Gasteiger partial charge is 0.344 e. The van der Waals surface area contributed by atoms with E-state index in [1.54, 1.807) is 80.1 Å². The molecule has 40 heteroatoms. The third-order valence-electron chi connectivity index (χ3n) is 20.9. The normalized spacial score (nSPS) is 11.7. The van der Waals surface area contributed by atoms with Crippen molar-refractivity contribution in [1.82, 2.24) is 0 Å². The molecule has 0 aliphatic heterocycles. The lowest BCUT2D eigenvalue weighted by Crippen LogP contribution is -2.10. The first-order valence-electron chi connectivity index (χ1n) is 41.2. The molecule has 138 heavy (non-hydrogen) atoms. The number of carbonyl (C=O) groups excluding carboxylic acids is 2. The second-order valence-electron chi connectivity index (χ2n) is 32.7. The van der Waals surface area contributed by atoms with Gasteiger partial charge in [0.1, 0.15) is 45.3 Å². The molecule has 0 amide bonds. The largest absolute Gasteiger partial charge is 0.506 e. The Morgan fingerprint density at radius 3 is 0.783 bits per heavy atom. The fourth-order valence-electron chi connectivity index (χ4n) is 13.4. The summed E-state index contributed by atoms with van der Waals surface area (Å²) in [5.74, 6) is -3.75. The van der Waals surface area contributed by atoms with Crippen molar-refractivity contribution >= 4 is 230 Å². The van der Waals surface area contributed by atoms with Gasteiger partial charge in [-0.25, -0.2) is 19.2 Å². The van der Waals surface area contributed by atoms with Gasteiger partial charge in [0.2, 0.25) is 0 Å². The van der Waals surface area contributed by atoms with Gasteiger partial charge in [0, 0.05) is 136 Å². The third-order valence-corrected chi connectivity index (χ3v) is 27.5. The molecule has 0 atom stereocenters. The maximum absolute atomic E-state index is 11.8. The number of hydrogen-bond donors (Lipinski definition) is 6. The van der Waals surface area contributed by atoms with Crippen LogP contribution in [0.5, 0.6) is 23.0 Å². The summed E-state index contributed by atoms with van der Waals surface area (Å²) in [4.78, 5) is 111. The van der Waals surface area contributed by atoms with Gasteiger partial charge in [-0.3, -0.25) is 60.4 Å². The molecule has 716 valence electrons. The average molecular weight is 2100 g/mol. The van der Waals surface area contributed by atoms with Crippen molar-refractivity contribution in [3.8, 4) is 64.8 Å². The molecule has 0 aliphatic carbocycles. The van der Waals surface area contributed by atoms with E-state index in [-0.39, 0.29) is 119 Å². The molecule has 4 heterocycles. The highest BCUT2D eigenvalue weighted by Gasteiger charge is 2.29. The fourth-order valence-corrected chi connectivity index (χ4v) is 18.9. The summed E-state index contributed by atoms with van der Waals surface area (Å²) in [6, 6.07) is 43.0. The topological polar surface area (TPSA) is 430 Å². The lowest BCUT2D eigenvalue weighted by Gasteiger charge is -2.19. The Morgan fingerprint density at radius 1 is 0.341 bits per heavy atom. The van der Waals surface area contributed by atoms with E-state index < -0.39 is 54.9 Å². The van der Waals surface area contributed by atoms with Crippen molar-refractivity contribution in [2.45, 2.75) is 106 Å². The first-order valence-corrected chi connectivity index (χ1v) is 47.9. The van der Waals surface area contributed by atoms with E-state index in [9.17, 15) is 80.1 Å². The van der Waals surface area contributed by atoms with E-state index in [4.69, 9.17) is 105 Å². The Bertz CT molecular complexity index is 6910. The van der Waals surface area contributed by atoms with Crippen LogP contribution in [0, 0.1) is 40.5 Å². The zero-order valence-corrected chi connectivity index (χ0v) is 85.3. The number of halogens is 4. The monoisotopic (exact) mass is 2090 g/mol. The number of hydrogen-bond acceptors (Lipinski definition) is 30. The number of thiocarbonyl (C=S) groups is 4. The van der Waals surface area contributed by atoms with E-state index in [2.05, 4.69) is 95.3 Å². The van der Waals surface area contributed by atoms with Gasteiger partial charge in [0.15, 0.2) is 0 Å². The van der Waals surface area contributed by atoms with Gasteiger partial charge in [-0.2, -0.15) is 0 Å². The molecule has 12 aromatic rings. The number of rotatable bonds is 32. The highest BCUT2D eigenvalue weighted by Crippen LogP contribution is 2.45. The van der Waals surface area contributed by atoms with Gasteiger partial charge >= 0.3 is 23.9 Å². The van der Waals surface area contributed by atoms with Crippen molar-refractivity contribution in [3.05, 3.63) is 318 Å². The molecular formula is C98H88Cl4N8O20S8. The van der Waals surface area contributed by atoms with Crippen molar-refractivity contribution in [3.63, 3.8) is 0 Å². The molecule has 8 aromatic carbocycles. The number of ether oxygens (including phenoxy) is 2. The summed E-state index contributed by atoms with van der Waals surface area (Å²) in [6.07, 6.45) is 1.01. The Kier molecular flexibility index (Phi) is 38.5. The van der Waals surface area contributed by atoms with E-state index >= 15 is 0 Å². The number of carboxylic acid groups (broad SMARTS) is 2. The fraction of sp³-hybridized carbons (Fsp3) is 0.224. The van der Waals surface area contributed by atoms with Crippen LogP contribution >= 0.6 is 141 Å². The molecule has 28 nitrogen and oxygen atoms in total. The first kappa shape index (κ1) is 109. The Balaban J connectivity index is 0.000000206. The van der Waals surface area contributed by atoms with Crippen LogP contribution in [0.1, 0.15) is 166 Å². The van der Waals surface area contributed by atoms with Crippen LogP contribution in [-0.2, 0) is 46.0 Å². The maximum atomic E-state index is 11.8. The maximum Gasteiger partial charge on any atom is 0.344 e.